The lowest BCUT2D eigenvalue weighted by Crippen LogP contribution is -2.50. The summed E-state index contributed by atoms with van der Waals surface area (Å²) in [6, 6.07) is 20.6. The molecule has 120 valence electrons. The second-order valence-corrected chi connectivity index (χ2v) is 6.02. The molecule has 0 radical (unpaired) electrons. The molecular formula is C20H24N2O. The molecule has 0 unspecified atom stereocenters. The Hall–Kier alpha value is -2.29. The fraction of sp³-hybridized carbons (Fsp3) is 0.350. The summed E-state index contributed by atoms with van der Waals surface area (Å²) in [5, 5.41) is 0. The topological polar surface area (TPSA) is 23.6 Å². The van der Waals surface area contributed by atoms with Gasteiger partial charge in [0, 0.05) is 31.9 Å². The predicted octanol–water partition coefficient (Wildman–Crippen LogP) is 3.53. The molecule has 2 aromatic carbocycles. The van der Waals surface area contributed by atoms with Crippen LogP contribution in [0.1, 0.15) is 24.8 Å². The number of amides is 1. The van der Waals surface area contributed by atoms with Gasteiger partial charge >= 0.3 is 0 Å². The molecule has 0 N–H and O–H groups in total. The predicted molar refractivity (Wildman–Crippen MR) is 94.7 cm³/mol. The number of hydrogen-bond acceptors (Lipinski definition) is 2. The number of carbonyl (C=O) groups is 1. The maximum absolute atomic E-state index is 12.9. The molecule has 0 aliphatic carbocycles. The highest BCUT2D eigenvalue weighted by Crippen LogP contribution is 2.23. The Bertz CT molecular complexity index is 619. The third-order valence-corrected chi connectivity index (χ3v) is 4.62. The highest BCUT2D eigenvalue weighted by atomic mass is 16.2. The number of hydrogen-bond donors (Lipinski definition) is 0. The highest BCUT2D eigenvalue weighted by Gasteiger charge is 2.27. The molecule has 1 amide bonds. The molecular weight excluding hydrogens is 284 g/mol. The molecule has 1 heterocycles. The quantitative estimate of drug-likeness (QED) is 0.862. The Morgan fingerprint density at radius 2 is 1.48 bits per heavy atom. The number of nitrogens with zero attached hydrogens (tertiary/aromatic N) is 2. The number of piperazine rings is 1. The largest absolute Gasteiger partial charge is 0.368 e. The molecule has 1 fully saturated rings. The summed E-state index contributed by atoms with van der Waals surface area (Å²) in [5.74, 6) is 0.255. The van der Waals surface area contributed by atoms with Crippen LogP contribution in [-0.2, 0) is 4.79 Å². The van der Waals surface area contributed by atoms with Crippen LogP contribution < -0.4 is 4.90 Å². The molecule has 1 saturated heterocycles. The molecule has 23 heavy (non-hydrogen) atoms. The smallest absolute Gasteiger partial charge is 0.230 e. The van der Waals surface area contributed by atoms with Crippen LogP contribution in [0.4, 0.5) is 5.69 Å². The van der Waals surface area contributed by atoms with Crippen molar-refractivity contribution in [1.29, 1.82) is 0 Å². The molecule has 2 aromatic rings. The first-order chi connectivity index (χ1) is 11.3. The SMILES string of the molecule is CC[C@H](C(=O)N1CCN(c2ccccc2)CC1)c1ccccc1. The van der Waals surface area contributed by atoms with E-state index in [9.17, 15) is 4.79 Å². The van der Waals surface area contributed by atoms with Gasteiger partial charge in [-0.3, -0.25) is 4.79 Å². The second kappa shape index (κ2) is 7.32. The van der Waals surface area contributed by atoms with Crippen LogP contribution in [0.5, 0.6) is 0 Å². The minimum atomic E-state index is -0.0144. The number of benzene rings is 2. The summed E-state index contributed by atoms with van der Waals surface area (Å²) in [6.07, 6.45) is 0.849. The van der Waals surface area contributed by atoms with Gasteiger partial charge in [-0.25, -0.2) is 0 Å². The van der Waals surface area contributed by atoms with E-state index in [2.05, 4.69) is 48.2 Å². The molecule has 1 aliphatic heterocycles. The summed E-state index contributed by atoms with van der Waals surface area (Å²) >= 11 is 0. The Kier molecular flexibility index (Phi) is 4.96. The van der Waals surface area contributed by atoms with E-state index in [0.717, 1.165) is 38.2 Å². The van der Waals surface area contributed by atoms with E-state index in [1.54, 1.807) is 0 Å². The van der Waals surface area contributed by atoms with Crippen LogP contribution in [-0.4, -0.2) is 37.0 Å². The molecule has 3 heteroatoms. The lowest BCUT2D eigenvalue weighted by atomic mass is 9.95. The molecule has 3 rings (SSSR count). The monoisotopic (exact) mass is 308 g/mol. The van der Waals surface area contributed by atoms with E-state index in [1.807, 2.05) is 29.2 Å². The fourth-order valence-electron chi connectivity index (χ4n) is 3.28. The minimum absolute atomic E-state index is 0.0144. The van der Waals surface area contributed by atoms with Crippen molar-refractivity contribution >= 4 is 11.6 Å². The van der Waals surface area contributed by atoms with Gasteiger partial charge in [-0.05, 0) is 24.1 Å². The van der Waals surface area contributed by atoms with Gasteiger partial charge in [0.05, 0.1) is 5.92 Å². The average molecular weight is 308 g/mol. The third-order valence-electron chi connectivity index (χ3n) is 4.62. The maximum atomic E-state index is 12.9. The number of para-hydroxylation sites is 1. The first-order valence-electron chi connectivity index (χ1n) is 8.43. The van der Waals surface area contributed by atoms with Crippen molar-refractivity contribution in [2.45, 2.75) is 19.3 Å². The zero-order valence-corrected chi connectivity index (χ0v) is 13.7. The van der Waals surface area contributed by atoms with Gasteiger partial charge in [0.1, 0.15) is 0 Å². The van der Waals surface area contributed by atoms with Crippen LogP contribution in [0.25, 0.3) is 0 Å². The zero-order chi connectivity index (χ0) is 16.1. The highest BCUT2D eigenvalue weighted by molar-refractivity contribution is 5.84. The van der Waals surface area contributed by atoms with Crippen molar-refractivity contribution in [3.63, 3.8) is 0 Å². The fourth-order valence-corrected chi connectivity index (χ4v) is 3.28. The first-order valence-corrected chi connectivity index (χ1v) is 8.43. The van der Waals surface area contributed by atoms with Crippen LogP contribution in [0.2, 0.25) is 0 Å². The minimum Gasteiger partial charge on any atom is -0.368 e. The number of carbonyl (C=O) groups excluding carboxylic acids is 1. The van der Waals surface area contributed by atoms with E-state index in [-0.39, 0.29) is 11.8 Å². The van der Waals surface area contributed by atoms with Crippen LogP contribution >= 0.6 is 0 Å². The summed E-state index contributed by atoms with van der Waals surface area (Å²) in [6.45, 7) is 5.51. The van der Waals surface area contributed by atoms with Crippen molar-refractivity contribution in [2.75, 3.05) is 31.1 Å². The van der Waals surface area contributed by atoms with Crippen molar-refractivity contribution in [1.82, 2.24) is 4.90 Å². The third kappa shape index (κ3) is 3.55. The molecule has 0 aromatic heterocycles. The Morgan fingerprint density at radius 1 is 0.913 bits per heavy atom. The maximum Gasteiger partial charge on any atom is 0.230 e. The van der Waals surface area contributed by atoms with Crippen molar-refractivity contribution in [3.8, 4) is 0 Å². The normalized spacial score (nSPS) is 16.2. The molecule has 1 atom stereocenters. The van der Waals surface area contributed by atoms with Gasteiger partial charge in [0.25, 0.3) is 0 Å². The van der Waals surface area contributed by atoms with Crippen LogP contribution in [0.15, 0.2) is 60.7 Å². The van der Waals surface area contributed by atoms with Gasteiger partial charge in [-0.15, -0.1) is 0 Å². The lowest BCUT2D eigenvalue weighted by Gasteiger charge is -2.37. The Morgan fingerprint density at radius 3 is 2.04 bits per heavy atom. The standard InChI is InChI=1S/C20H24N2O/c1-2-19(17-9-5-3-6-10-17)20(23)22-15-13-21(14-16-22)18-11-7-4-8-12-18/h3-12,19H,2,13-16H2,1H3/t19-/m0/s1. The van der Waals surface area contributed by atoms with Crippen LogP contribution in [0.3, 0.4) is 0 Å². The van der Waals surface area contributed by atoms with E-state index >= 15 is 0 Å². The van der Waals surface area contributed by atoms with E-state index in [4.69, 9.17) is 0 Å². The second-order valence-electron chi connectivity index (χ2n) is 6.02. The van der Waals surface area contributed by atoms with Gasteiger partial charge in [-0.1, -0.05) is 55.5 Å². The Labute approximate surface area is 138 Å². The molecule has 1 aliphatic rings. The molecule has 0 saturated carbocycles. The summed E-state index contributed by atoms with van der Waals surface area (Å²) in [4.78, 5) is 17.3. The summed E-state index contributed by atoms with van der Waals surface area (Å²) in [7, 11) is 0. The first kappa shape index (κ1) is 15.6. The van der Waals surface area contributed by atoms with Gasteiger partial charge in [0.2, 0.25) is 5.91 Å². The van der Waals surface area contributed by atoms with E-state index in [1.165, 1.54) is 5.69 Å². The lowest BCUT2D eigenvalue weighted by molar-refractivity contribution is -0.133. The molecule has 0 bridgehead atoms. The Balaban J connectivity index is 1.64. The van der Waals surface area contributed by atoms with Gasteiger partial charge in [0.15, 0.2) is 0 Å². The van der Waals surface area contributed by atoms with Gasteiger partial charge in [-0.2, -0.15) is 0 Å². The summed E-state index contributed by atoms with van der Waals surface area (Å²) in [5.41, 5.74) is 2.38. The average Bonchev–Trinajstić information content (AvgIpc) is 2.64. The van der Waals surface area contributed by atoms with Gasteiger partial charge < -0.3 is 9.80 Å². The summed E-state index contributed by atoms with van der Waals surface area (Å²) < 4.78 is 0. The molecule has 3 nitrogen and oxygen atoms in total. The van der Waals surface area contributed by atoms with Crippen molar-refractivity contribution < 1.29 is 4.79 Å². The number of anilines is 1. The van der Waals surface area contributed by atoms with Crippen LogP contribution in [0, 0.1) is 0 Å². The van der Waals surface area contributed by atoms with E-state index < -0.39 is 0 Å². The van der Waals surface area contributed by atoms with Crippen molar-refractivity contribution in [3.05, 3.63) is 66.2 Å². The van der Waals surface area contributed by atoms with E-state index in [0.29, 0.717) is 0 Å². The number of rotatable bonds is 4. The van der Waals surface area contributed by atoms with Crippen molar-refractivity contribution in [2.24, 2.45) is 0 Å². The zero-order valence-electron chi connectivity index (χ0n) is 13.7. The molecule has 0 spiro atoms.